The van der Waals surface area contributed by atoms with Crippen LogP contribution >= 0.6 is 0 Å². The van der Waals surface area contributed by atoms with Crippen molar-refractivity contribution in [2.24, 2.45) is 0 Å². The van der Waals surface area contributed by atoms with Crippen LogP contribution in [0.5, 0.6) is 0 Å². The quantitative estimate of drug-likeness (QED) is 0.689. The van der Waals surface area contributed by atoms with Gasteiger partial charge in [0.15, 0.2) is 0 Å². The molecule has 6 nitrogen and oxygen atoms in total. The van der Waals surface area contributed by atoms with Crippen molar-refractivity contribution in [1.29, 1.82) is 0 Å². The molecule has 0 saturated heterocycles. The monoisotopic (exact) mass is 326 g/mol. The third-order valence-electron chi connectivity index (χ3n) is 4.06. The summed E-state index contributed by atoms with van der Waals surface area (Å²) in [7, 11) is 0. The van der Waals surface area contributed by atoms with Crippen molar-refractivity contribution in [3.8, 4) is 5.69 Å². The highest BCUT2D eigenvalue weighted by atomic mass is 16.3. The minimum Gasteiger partial charge on any atom is -0.468 e. The van der Waals surface area contributed by atoms with Crippen LogP contribution in [0.3, 0.4) is 0 Å². The molecule has 0 aliphatic carbocycles. The van der Waals surface area contributed by atoms with Crippen LogP contribution in [0.1, 0.15) is 24.8 Å². The molecule has 0 saturated carbocycles. The molecule has 0 bridgehead atoms. The highest BCUT2D eigenvalue weighted by Gasteiger charge is 2.19. The van der Waals surface area contributed by atoms with Crippen LogP contribution in [0, 0.1) is 0 Å². The maximum atomic E-state index is 9.67. The van der Waals surface area contributed by atoms with Gasteiger partial charge in [0.1, 0.15) is 5.76 Å². The summed E-state index contributed by atoms with van der Waals surface area (Å²) in [6.07, 6.45) is 4.44. The first-order valence-corrected chi connectivity index (χ1v) is 8.14. The van der Waals surface area contributed by atoms with Crippen LogP contribution in [0.4, 0.5) is 0 Å². The van der Waals surface area contributed by atoms with Gasteiger partial charge in [-0.1, -0.05) is 30.3 Å². The van der Waals surface area contributed by atoms with Crippen LogP contribution in [0.15, 0.2) is 59.3 Å². The Kier molecular flexibility index (Phi) is 5.40. The largest absolute Gasteiger partial charge is 0.468 e. The average Bonchev–Trinajstić information content (AvgIpc) is 3.29. The van der Waals surface area contributed by atoms with E-state index in [9.17, 15) is 5.11 Å². The van der Waals surface area contributed by atoms with E-state index < -0.39 is 0 Å². The fourth-order valence-corrected chi connectivity index (χ4v) is 2.71. The number of hydrogen-bond acceptors (Lipinski definition) is 5. The topological polar surface area (TPSA) is 67.3 Å². The van der Waals surface area contributed by atoms with Crippen LogP contribution in [-0.2, 0) is 13.1 Å². The van der Waals surface area contributed by atoms with E-state index in [2.05, 4.69) is 22.1 Å². The molecule has 1 atom stereocenters. The Bertz CT molecular complexity index is 721. The summed E-state index contributed by atoms with van der Waals surface area (Å²) in [5.74, 6) is 0.873. The van der Waals surface area contributed by atoms with E-state index in [1.54, 1.807) is 10.9 Å². The predicted molar refractivity (Wildman–Crippen MR) is 90.5 cm³/mol. The van der Waals surface area contributed by atoms with Crippen molar-refractivity contribution in [2.75, 3.05) is 6.61 Å². The molecule has 0 radical (unpaired) electrons. The number of aliphatic hydroxyl groups excluding tert-OH is 1. The fourth-order valence-electron chi connectivity index (χ4n) is 2.71. The van der Waals surface area contributed by atoms with Gasteiger partial charge in [0.05, 0.1) is 37.0 Å². The number of para-hydroxylation sites is 1. The minimum absolute atomic E-state index is 0.0528. The molecular formula is C18H22N4O2. The van der Waals surface area contributed by atoms with Gasteiger partial charge in [0.25, 0.3) is 0 Å². The first-order valence-electron chi connectivity index (χ1n) is 8.14. The molecule has 126 valence electrons. The molecule has 0 spiro atoms. The molecule has 3 rings (SSSR count). The van der Waals surface area contributed by atoms with Crippen LogP contribution in [0.25, 0.3) is 5.69 Å². The zero-order valence-corrected chi connectivity index (χ0v) is 13.7. The lowest BCUT2D eigenvalue weighted by molar-refractivity contribution is 0.0987. The zero-order valence-electron chi connectivity index (χ0n) is 13.7. The lowest BCUT2D eigenvalue weighted by Crippen LogP contribution is -2.36. The normalized spacial score (nSPS) is 12.6. The number of aliphatic hydroxyl groups is 1. The van der Waals surface area contributed by atoms with Crippen molar-refractivity contribution >= 4 is 0 Å². The maximum absolute atomic E-state index is 9.67. The smallest absolute Gasteiger partial charge is 0.117 e. The Hall–Kier alpha value is -2.44. The Morgan fingerprint density at radius 1 is 1.17 bits per heavy atom. The molecule has 0 unspecified atom stereocenters. The Labute approximate surface area is 141 Å². The number of nitrogens with zero attached hydrogens (tertiary/aromatic N) is 4. The number of aromatic nitrogens is 3. The first kappa shape index (κ1) is 16.4. The lowest BCUT2D eigenvalue weighted by Gasteiger charge is -2.28. The Morgan fingerprint density at radius 3 is 2.67 bits per heavy atom. The van der Waals surface area contributed by atoms with E-state index in [4.69, 9.17) is 4.42 Å². The molecule has 0 aliphatic rings. The molecule has 24 heavy (non-hydrogen) atoms. The van der Waals surface area contributed by atoms with Gasteiger partial charge < -0.3 is 9.52 Å². The molecule has 6 heteroatoms. The summed E-state index contributed by atoms with van der Waals surface area (Å²) in [4.78, 5) is 2.16. The van der Waals surface area contributed by atoms with Crippen LogP contribution < -0.4 is 0 Å². The summed E-state index contributed by atoms with van der Waals surface area (Å²) in [6.45, 7) is 3.40. The van der Waals surface area contributed by atoms with Crippen LogP contribution in [-0.4, -0.2) is 37.6 Å². The fraction of sp³-hybridized carbons (Fsp3) is 0.333. The van der Waals surface area contributed by atoms with Gasteiger partial charge in [-0.3, -0.25) is 4.90 Å². The molecule has 0 aliphatic heterocycles. The Morgan fingerprint density at radius 2 is 2.00 bits per heavy atom. The zero-order chi connectivity index (χ0) is 16.8. The second kappa shape index (κ2) is 7.90. The molecule has 1 aromatic carbocycles. The number of furan rings is 1. The highest BCUT2D eigenvalue weighted by Crippen LogP contribution is 2.15. The highest BCUT2D eigenvalue weighted by molar-refractivity contribution is 5.29. The number of hydrogen-bond donors (Lipinski definition) is 1. The summed E-state index contributed by atoms with van der Waals surface area (Å²) >= 11 is 0. The van der Waals surface area contributed by atoms with Crippen LogP contribution in [0.2, 0.25) is 0 Å². The Balaban J connectivity index is 1.76. The van der Waals surface area contributed by atoms with Gasteiger partial charge in [0, 0.05) is 12.6 Å². The van der Waals surface area contributed by atoms with E-state index in [-0.39, 0.29) is 12.6 Å². The standard InChI is InChI=1S/C18H22N4O2/c1-2-16(14-23)21(13-18-9-6-10-24-18)11-15-12-22(20-19-15)17-7-4-3-5-8-17/h3-10,12,16,23H,2,11,13-14H2,1H3/t16-/m0/s1. The van der Waals surface area contributed by atoms with E-state index in [0.717, 1.165) is 23.6 Å². The van der Waals surface area contributed by atoms with Crippen molar-refractivity contribution < 1.29 is 9.52 Å². The van der Waals surface area contributed by atoms with Gasteiger partial charge in [-0.25, -0.2) is 4.68 Å². The molecule has 2 aromatic heterocycles. The van der Waals surface area contributed by atoms with Gasteiger partial charge in [-0.05, 0) is 30.7 Å². The second-order valence-electron chi connectivity index (χ2n) is 5.72. The molecule has 1 N–H and O–H groups in total. The van der Waals surface area contributed by atoms with E-state index in [1.165, 1.54) is 0 Å². The summed E-state index contributed by atoms with van der Waals surface area (Å²) < 4.78 is 7.22. The third-order valence-corrected chi connectivity index (χ3v) is 4.06. The molecule has 0 fully saturated rings. The van der Waals surface area contributed by atoms with Crippen molar-refractivity contribution in [1.82, 2.24) is 19.9 Å². The van der Waals surface area contributed by atoms with E-state index in [0.29, 0.717) is 13.1 Å². The summed E-state index contributed by atoms with van der Waals surface area (Å²) in [5.41, 5.74) is 1.83. The minimum atomic E-state index is 0.0528. The van der Waals surface area contributed by atoms with Crippen molar-refractivity contribution in [3.05, 3.63) is 66.4 Å². The molecule has 0 amide bonds. The third kappa shape index (κ3) is 3.90. The van der Waals surface area contributed by atoms with E-state index in [1.807, 2.05) is 48.7 Å². The average molecular weight is 326 g/mol. The first-order chi connectivity index (χ1) is 11.8. The van der Waals surface area contributed by atoms with Crippen molar-refractivity contribution in [2.45, 2.75) is 32.5 Å². The summed E-state index contributed by atoms with van der Waals surface area (Å²) in [6, 6.07) is 13.8. The van der Waals surface area contributed by atoms with Crippen molar-refractivity contribution in [3.63, 3.8) is 0 Å². The molecule has 3 aromatic rings. The molecule has 2 heterocycles. The van der Waals surface area contributed by atoms with Gasteiger partial charge in [-0.2, -0.15) is 0 Å². The van der Waals surface area contributed by atoms with Gasteiger partial charge in [-0.15, -0.1) is 5.10 Å². The predicted octanol–water partition coefficient (Wildman–Crippen LogP) is 2.63. The maximum Gasteiger partial charge on any atom is 0.117 e. The SMILES string of the molecule is CC[C@@H](CO)N(Cc1cn(-c2ccccc2)nn1)Cc1ccco1. The number of benzene rings is 1. The molecular weight excluding hydrogens is 304 g/mol. The van der Waals surface area contributed by atoms with E-state index >= 15 is 0 Å². The van der Waals surface area contributed by atoms with Gasteiger partial charge >= 0.3 is 0 Å². The van der Waals surface area contributed by atoms with Gasteiger partial charge in [0.2, 0.25) is 0 Å². The second-order valence-corrected chi connectivity index (χ2v) is 5.72. The summed E-state index contributed by atoms with van der Waals surface area (Å²) in [5, 5.41) is 18.1. The lowest BCUT2D eigenvalue weighted by atomic mass is 10.2. The number of rotatable bonds is 8.